The van der Waals surface area contributed by atoms with E-state index in [1.54, 1.807) is 12.4 Å². The van der Waals surface area contributed by atoms with Gasteiger partial charge in [-0.3, -0.25) is 4.98 Å². The average molecular weight is 257 g/mol. The number of rotatable bonds is 4. The summed E-state index contributed by atoms with van der Waals surface area (Å²) in [6, 6.07) is 4.00. The predicted molar refractivity (Wildman–Crippen MR) is 76.3 cm³/mol. The van der Waals surface area contributed by atoms with E-state index >= 15 is 0 Å². The molecule has 0 saturated carbocycles. The molecule has 0 amide bonds. The molecule has 0 bridgehead atoms. The average Bonchev–Trinajstić information content (AvgIpc) is 2.97. The summed E-state index contributed by atoms with van der Waals surface area (Å²) in [6.45, 7) is 4.59. The molecule has 0 atom stereocenters. The largest absolute Gasteiger partial charge is 0.358 e. The second kappa shape index (κ2) is 5.48. The Morgan fingerprint density at radius 3 is 2.79 bits per heavy atom. The molecule has 100 valence electrons. The molecular formula is C14H19N5. The van der Waals surface area contributed by atoms with Gasteiger partial charge in [0.15, 0.2) is 5.65 Å². The second-order valence-corrected chi connectivity index (χ2v) is 5.04. The maximum absolute atomic E-state index is 4.55. The number of hydrogen-bond donors (Lipinski definition) is 0. The van der Waals surface area contributed by atoms with E-state index in [1.165, 1.54) is 25.9 Å². The fourth-order valence-electron chi connectivity index (χ4n) is 2.47. The van der Waals surface area contributed by atoms with Crippen molar-refractivity contribution >= 4 is 17.0 Å². The first-order valence-corrected chi connectivity index (χ1v) is 6.84. The lowest BCUT2D eigenvalue weighted by Crippen LogP contribution is -2.31. The van der Waals surface area contributed by atoms with Crippen LogP contribution in [0.15, 0.2) is 24.5 Å². The number of aromatic nitrogens is 3. The first kappa shape index (κ1) is 12.3. The van der Waals surface area contributed by atoms with Crippen LogP contribution in [0.1, 0.15) is 12.8 Å². The third-order valence-corrected chi connectivity index (χ3v) is 3.66. The monoisotopic (exact) mass is 257 g/mol. The van der Waals surface area contributed by atoms with Crippen molar-refractivity contribution in [3.63, 3.8) is 0 Å². The molecule has 1 fully saturated rings. The van der Waals surface area contributed by atoms with E-state index in [0.29, 0.717) is 5.65 Å². The van der Waals surface area contributed by atoms with Gasteiger partial charge in [-0.1, -0.05) is 0 Å². The highest BCUT2D eigenvalue weighted by molar-refractivity contribution is 5.71. The first-order chi connectivity index (χ1) is 9.33. The number of likely N-dealkylation sites (tertiary alicyclic amines) is 1. The Kier molecular flexibility index (Phi) is 3.55. The van der Waals surface area contributed by atoms with Crippen LogP contribution in [0, 0.1) is 0 Å². The second-order valence-electron chi connectivity index (χ2n) is 5.04. The number of nitrogens with zero attached hydrogens (tertiary/aromatic N) is 5. The normalized spacial score (nSPS) is 16.1. The topological polar surface area (TPSA) is 45.2 Å². The van der Waals surface area contributed by atoms with Crippen molar-refractivity contribution in [2.45, 2.75) is 12.8 Å². The Morgan fingerprint density at radius 2 is 1.95 bits per heavy atom. The SMILES string of the molecule is CN(CCN1CCCC1)c1ccc2nccnc2n1. The zero-order valence-corrected chi connectivity index (χ0v) is 11.3. The molecule has 3 rings (SSSR count). The standard InChI is InChI=1S/C14H19N5/c1-18(10-11-19-8-2-3-9-19)13-5-4-12-14(17-13)16-7-6-15-12/h4-7H,2-3,8-11H2,1H3. The summed E-state index contributed by atoms with van der Waals surface area (Å²) in [4.78, 5) is 17.7. The van der Waals surface area contributed by atoms with Gasteiger partial charge in [0.2, 0.25) is 0 Å². The summed E-state index contributed by atoms with van der Waals surface area (Å²) in [5, 5.41) is 0. The highest BCUT2D eigenvalue weighted by Gasteiger charge is 2.12. The van der Waals surface area contributed by atoms with Gasteiger partial charge >= 0.3 is 0 Å². The Hall–Kier alpha value is -1.75. The van der Waals surface area contributed by atoms with Crippen LogP contribution < -0.4 is 4.90 Å². The van der Waals surface area contributed by atoms with Crippen molar-refractivity contribution in [2.24, 2.45) is 0 Å². The van der Waals surface area contributed by atoms with Crippen LogP contribution in [0.25, 0.3) is 11.2 Å². The van der Waals surface area contributed by atoms with Crippen molar-refractivity contribution in [3.8, 4) is 0 Å². The van der Waals surface area contributed by atoms with E-state index in [1.807, 2.05) is 12.1 Å². The first-order valence-electron chi connectivity index (χ1n) is 6.84. The van der Waals surface area contributed by atoms with Gasteiger partial charge in [0.25, 0.3) is 0 Å². The molecular weight excluding hydrogens is 238 g/mol. The molecule has 2 aromatic rings. The van der Waals surface area contributed by atoms with Crippen LogP contribution in [0.5, 0.6) is 0 Å². The molecule has 5 heteroatoms. The maximum atomic E-state index is 4.55. The van der Waals surface area contributed by atoms with E-state index in [-0.39, 0.29) is 0 Å². The lowest BCUT2D eigenvalue weighted by atomic mass is 10.3. The van der Waals surface area contributed by atoms with Gasteiger partial charge in [0.1, 0.15) is 11.3 Å². The Balaban J connectivity index is 1.68. The van der Waals surface area contributed by atoms with Gasteiger partial charge in [0.05, 0.1) is 0 Å². The molecule has 5 nitrogen and oxygen atoms in total. The quantitative estimate of drug-likeness (QED) is 0.831. The smallest absolute Gasteiger partial charge is 0.180 e. The lowest BCUT2D eigenvalue weighted by Gasteiger charge is -2.22. The highest BCUT2D eigenvalue weighted by Crippen LogP contribution is 2.14. The fraction of sp³-hybridized carbons (Fsp3) is 0.500. The van der Waals surface area contributed by atoms with Crippen LogP contribution in [0.3, 0.4) is 0 Å². The Morgan fingerprint density at radius 1 is 1.16 bits per heavy atom. The van der Waals surface area contributed by atoms with Gasteiger partial charge in [-0.05, 0) is 38.1 Å². The van der Waals surface area contributed by atoms with Gasteiger partial charge in [-0.25, -0.2) is 9.97 Å². The van der Waals surface area contributed by atoms with Crippen LogP contribution in [0.2, 0.25) is 0 Å². The lowest BCUT2D eigenvalue weighted by molar-refractivity contribution is 0.346. The van der Waals surface area contributed by atoms with Crippen molar-refractivity contribution < 1.29 is 0 Å². The summed E-state index contributed by atoms with van der Waals surface area (Å²) in [5.41, 5.74) is 1.56. The molecule has 1 aliphatic rings. The fourth-order valence-corrected chi connectivity index (χ4v) is 2.47. The minimum Gasteiger partial charge on any atom is -0.358 e. The molecule has 0 unspecified atom stereocenters. The van der Waals surface area contributed by atoms with E-state index in [2.05, 4.69) is 31.8 Å². The van der Waals surface area contributed by atoms with E-state index < -0.39 is 0 Å². The highest BCUT2D eigenvalue weighted by atomic mass is 15.2. The van der Waals surface area contributed by atoms with Crippen molar-refractivity contribution in [1.29, 1.82) is 0 Å². The van der Waals surface area contributed by atoms with Gasteiger partial charge in [0, 0.05) is 32.5 Å². The molecule has 0 aliphatic carbocycles. The maximum Gasteiger partial charge on any atom is 0.180 e. The molecule has 0 aromatic carbocycles. The number of anilines is 1. The van der Waals surface area contributed by atoms with Crippen molar-refractivity contribution in [2.75, 3.05) is 38.1 Å². The van der Waals surface area contributed by atoms with Crippen LogP contribution in [-0.2, 0) is 0 Å². The third kappa shape index (κ3) is 2.81. The molecule has 19 heavy (non-hydrogen) atoms. The predicted octanol–water partition coefficient (Wildman–Crippen LogP) is 1.56. The summed E-state index contributed by atoms with van der Waals surface area (Å²) >= 11 is 0. The molecule has 1 saturated heterocycles. The minimum atomic E-state index is 0.716. The molecule has 3 heterocycles. The Labute approximate surface area is 113 Å². The van der Waals surface area contributed by atoms with Crippen LogP contribution in [0.4, 0.5) is 5.82 Å². The number of likely N-dealkylation sites (N-methyl/N-ethyl adjacent to an activating group) is 1. The van der Waals surface area contributed by atoms with Gasteiger partial charge in [-0.15, -0.1) is 0 Å². The van der Waals surface area contributed by atoms with Crippen LogP contribution >= 0.6 is 0 Å². The summed E-state index contributed by atoms with van der Waals surface area (Å²) < 4.78 is 0. The van der Waals surface area contributed by atoms with Gasteiger partial charge in [-0.2, -0.15) is 0 Å². The molecule has 1 aliphatic heterocycles. The zero-order valence-electron chi connectivity index (χ0n) is 11.3. The summed E-state index contributed by atoms with van der Waals surface area (Å²) in [7, 11) is 2.08. The number of hydrogen-bond acceptors (Lipinski definition) is 5. The molecule has 0 N–H and O–H groups in total. The molecule has 0 spiro atoms. The zero-order chi connectivity index (χ0) is 13.1. The summed E-state index contributed by atoms with van der Waals surface area (Å²) in [6.07, 6.45) is 6.06. The third-order valence-electron chi connectivity index (χ3n) is 3.66. The van der Waals surface area contributed by atoms with E-state index in [4.69, 9.17) is 0 Å². The molecule has 2 aromatic heterocycles. The van der Waals surface area contributed by atoms with Crippen molar-refractivity contribution in [3.05, 3.63) is 24.5 Å². The van der Waals surface area contributed by atoms with Crippen LogP contribution in [-0.4, -0.2) is 53.1 Å². The number of pyridine rings is 1. The minimum absolute atomic E-state index is 0.716. The van der Waals surface area contributed by atoms with E-state index in [0.717, 1.165) is 24.4 Å². The number of fused-ring (bicyclic) bond motifs is 1. The van der Waals surface area contributed by atoms with E-state index in [9.17, 15) is 0 Å². The van der Waals surface area contributed by atoms with Crippen molar-refractivity contribution in [1.82, 2.24) is 19.9 Å². The van der Waals surface area contributed by atoms with Gasteiger partial charge < -0.3 is 9.80 Å². The Bertz CT molecular complexity index is 550. The summed E-state index contributed by atoms with van der Waals surface area (Å²) in [5.74, 6) is 0.965. The molecule has 0 radical (unpaired) electrons.